The quantitative estimate of drug-likeness (QED) is 0.719. The molecule has 0 unspecified atom stereocenters. The highest BCUT2D eigenvalue weighted by atomic mass is 16.5. The van der Waals surface area contributed by atoms with Crippen LogP contribution in [0.5, 0.6) is 17.2 Å². The van der Waals surface area contributed by atoms with Crippen LogP contribution in [0.25, 0.3) is 6.08 Å². The molecule has 0 bridgehead atoms. The third-order valence-electron chi connectivity index (χ3n) is 4.88. The van der Waals surface area contributed by atoms with E-state index in [1.807, 2.05) is 47.4 Å². The molecule has 1 aliphatic heterocycles. The Morgan fingerprint density at radius 2 is 1.39 bits per heavy atom. The van der Waals surface area contributed by atoms with Crippen LogP contribution in [-0.2, 0) is 4.79 Å². The van der Waals surface area contributed by atoms with Gasteiger partial charge in [-0.1, -0.05) is 18.2 Å². The zero-order chi connectivity index (χ0) is 19.9. The largest absolute Gasteiger partial charge is 0.496 e. The second kappa shape index (κ2) is 9.17. The molecule has 1 amide bonds. The molecule has 0 aromatic heterocycles. The Hall–Kier alpha value is -3.15. The maximum absolute atomic E-state index is 12.7. The minimum absolute atomic E-state index is 0.0207. The van der Waals surface area contributed by atoms with E-state index in [0.29, 0.717) is 24.6 Å². The molecule has 0 saturated carbocycles. The van der Waals surface area contributed by atoms with Crippen molar-refractivity contribution in [3.8, 4) is 17.2 Å². The highest BCUT2D eigenvalue weighted by molar-refractivity contribution is 5.93. The number of hydrogen-bond donors (Lipinski definition) is 0. The number of carbonyl (C=O) groups excluding carboxylic acids is 1. The molecule has 0 aliphatic carbocycles. The first kappa shape index (κ1) is 19.6. The fraction of sp³-hybridized carbons (Fsp3) is 0.318. The molecular formula is C22H26N2O4. The van der Waals surface area contributed by atoms with E-state index >= 15 is 0 Å². The van der Waals surface area contributed by atoms with Crippen LogP contribution in [0.2, 0.25) is 0 Å². The van der Waals surface area contributed by atoms with Crippen molar-refractivity contribution >= 4 is 17.7 Å². The van der Waals surface area contributed by atoms with E-state index in [4.69, 9.17) is 14.2 Å². The van der Waals surface area contributed by atoms with E-state index in [9.17, 15) is 4.79 Å². The zero-order valence-corrected chi connectivity index (χ0v) is 16.6. The summed E-state index contributed by atoms with van der Waals surface area (Å²) in [5, 5.41) is 0. The van der Waals surface area contributed by atoms with Crippen LogP contribution in [0.1, 0.15) is 5.56 Å². The predicted molar refractivity (Wildman–Crippen MR) is 110 cm³/mol. The lowest BCUT2D eigenvalue weighted by Gasteiger charge is -2.36. The summed E-state index contributed by atoms with van der Waals surface area (Å²) < 4.78 is 16.2. The summed E-state index contributed by atoms with van der Waals surface area (Å²) in [7, 11) is 4.88. The Bertz CT molecular complexity index is 820. The van der Waals surface area contributed by atoms with Crippen molar-refractivity contribution in [2.24, 2.45) is 0 Å². The number of rotatable bonds is 6. The standard InChI is InChI=1S/C22H26N2O4/c1-26-19-9-6-10-20(27-2)17(19)11-12-22(25)24-15-13-23(14-16-24)18-7-4-5-8-21(18)28-3/h4-12H,13-16H2,1-3H3/b12-11+. The van der Waals surface area contributed by atoms with Gasteiger partial charge in [-0.3, -0.25) is 4.79 Å². The van der Waals surface area contributed by atoms with Gasteiger partial charge in [-0.15, -0.1) is 0 Å². The van der Waals surface area contributed by atoms with Crippen molar-refractivity contribution in [1.82, 2.24) is 4.90 Å². The Kier molecular flexibility index (Phi) is 6.42. The van der Waals surface area contributed by atoms with Gasteiger partial charge in [0.1, 0.15) is 17.2 Å². The fourth-order valence-corrected chi connectivity index (χ4v) is 3.36. The van der Waals surface area contributed by atoms with Crippen LogP contribution in [0.15, 0.2) is 48.5 Å². The summed E-state index contributed by atoms with van der Waals surface area (Å²) in [6, 6.07) is 13.5. The number of nitrogens with zero attached hydrogens (tertiary/aromatic N) is 2. The van der Waals surface area contributed by atoms with Crippen molar-refractivity contribution in [1.29, 1.82) is 0 Å². The Labute approximate surface area is 165 Å². The number of anilines is 1. The first-order chi connectivity index (χ1) is 13.7. The summed E-state index contributed by atoms with van der Waals surface area (Å²) in [6.07, 6.45) is 3.34. The minimum atomic E-state index is -0.0207. The maximum atomic E-state index is 12.7. The van der Waals surface area contributed by atoms with Crippen LogP contribution in [0.3, 0.4) is 0 Å². The van der Waals surface area contributed by atoms with E-state index in [1.54, 1.807) is 33.5 Å². The monoisotopic (exact) mass is 382 g/mol. The molecule has 1 heterocycles. The molecule has 1 fully saturated rings. The predicted octanol–water partition coefficient (Wildman–Crippen LogP) is 3.07. The fourth-order valence-electron chi connectivity index (χ4n) is 3.36. The first-order valence-corrected chi connectivity index (χ1v) is 9.24. The average Bonchev–Trinajstić information content (AvgIpc) is 2.77. The lowest BCUT2D eigenvalue weighted by Crippen LogP contribution is -2.48. The Morgan fingerprint density at radius 3 is 2.00 bits per heavy atom. The molecule has 2 aromatic rings. The molecule has 28 heavy (non-hydrogen) atoms. The number of methoxy groups -OCH3 is 3. The van der Waals surface area contributed by atoms with Crippen LogP contribution in [-0.4, -0.2) is 58.3 Å². The molecular weight excluding hydrogens is 356 g/mol. The van der Waals surface area contributed by atoms with Crippen LogP contribution in [0, 0.1) is 0 Å². The van der Waals surface area contributed by atoms with Gasteiger partial charge in [0.25, 0.3) is 0 Å². The molecule has 2 aromatic carbocycles. The van der Waals surface area contributed by atoms with Gasteiger partial charge in [-0.2, -0.15) is 0 Å². The van der Waals surface area contributed by atoms with Crippen molar-refractivity contribution in [3.63, 3.8) is 0 Å². The lowest BCUT2D eigenvalue weighted by molar-refractivity contribution is -0.126. The van der Waals surface area contributed by atoms with Gasteiger partial charge in [-0.05, 0) is 30.3 Å². The zero-order valence-electron chi connectivity index (χ0n) is 16.6. The molecule has 0 spiro atoms. The van der Waals surface area contributed by atoms with Crippen LogP contribution >= 0.6 is 0 Å². The second-order valence-electron chi connectivity index (χ2n) is 6.39. The van der Waals surface area contributed by atoms with Crippen molar-refractivity contribution in [2.45, 2.75) is 0 Å². The van der Waals surface area contributed by atoms with Gasteiger partial charge < -0.3 is 24.0 Å². The summed E-state index contributed by atoms with van der Waals surface area (Å²) in [5.41, 5.74) is 1.82. The highest BCUT2D eigenvalue weighted by Gasteiger charge is 2.21. The highest BCUT2D eigenvalue weighted by Crippen LogP contribution is 2.30. The molecule has 148 valence electrons. The van der Waals surface area contributed by atoms with Gasteiger partial charge in [-0.25, -0.2) is 0 Å². The van der Waals surface area contributed by atoms with Crippen molar-refractivity contribution < 1.29 is 19.0 Å². The Balaban J connectivity index is 1.65. The number of piperazine rings is 1. The van der Waals surface area contributed by atoms with Crippen molar-refractivity contribution in [2.75, 3.05) is 52.4 Å². The normalized spacial score (nSPS) is 14.2. The van der Waals surface area contributed by atoms with Crippen LogP contribution in [0.4, 0.5) is 5.69 Å². The summed E-state index contributed by atoms with van der Waals surface area (Å²) in [6.45, 7) is 2.84. The maximum Gasteiger partial charge on any atom is 0.246 e. The van der Waals surface area contributed by atoms with Gasteiger partial charge in [0, 0.05) is 32.3 Å². The van der Waals surface area contributed by atoms with Gasteiger partial charge in [0.05, 0.1) is 32.6 Å². The van der Waals surface area contributed by atoms with E-state index in [0.717, 1.165) is 30.1 Å². The molecule has 6 heteroatoms. The molecule has 3 rings (SSSR count). The van der Waals surface area contributed by atoms with E-state index in [2.05, 4.69) is 4.90 Å². The molecule has 6 nitrogen and oxygen atoms in total. The third kappa shape index (κ3) is 4.22. The summed E-state index contributed by atoms with van der Waals surface area (Å²) in [4.78, 5) is 16.7. The molecule has 1 saturated heterocycles. The van der Waals surface area contributed by atoms with E-state index in [1.165, 1.54) is 0 Å². The van der Waals surface area contributed by atoms with Crippen LogP contribution < -0.4 is 19.1 Å². The lowest BCUT2D eigenvalue weighted by atomic mass is 10.1. The molecule has 1 aliphatic rings. The number of benzene rings is 2. The number of ether oxygens (including phenoxy) is 3. The number of carbonyl (C=O) groups is 1. The molecule has 0 N–H and O–H groups in total. The topological polar surface area (TPSA) is 51.2 Å². The minimum Gasteiger partial charge on any atom is -0.496 e. The van der Waals surface area contributed by atoms with E-state index < -0.39 is 0 Å². The average molecular weight is 382 g/mol. The molecule has 0 atom stereocenters. The SMILES string of the molecule is COc1ccccc1N1CCN(C(=O)/C=C/c2c(OC)cccc2OC)CC1. The van der Waals surface area contributed by atoms with Crippen molar-refractivity contribution in [3.05, 3.63) is 54.1 Å². The molecule has 0 radical (unpaired) electrons. The number of para-hydroxylation sites is 2. The number of amides is 1. The first-order valence-electron chi connectivity index (χ1n) is 9.24. The van der Waals surface area contributed by atoms with Gasteiger partial charge in [0.15, 0.2) is 0 Å². The second-order valence-corrected chi connectivity index (χ2v) is 6.39. The summed E-state index contributed by atoms with van der Waals surface area (Å²) in [5.74, 6) is 2.17. The third-order valence-corrected chi connectivity index (χ3v) is 4.88. The van der Waals surface area contributed by atoms with E-state index in [-0.39, 0.29) is 5.91 Å². The smallest absolute Gasteiger partial charge is 0.246 e. The van der Waals surface area contributed by atoms with Gasteiger partial charge in [0.2, 0.25) is 5.91 Å². The number of hydrogen-bond acceptors (Lipinski definition) is 5. The summed E-state index contributed by atoms with van der Waals surface area (Å²) >= 11 is 0. The van der Waals surface area contributed by atoms with Gasteiger partial charge >= 0.3 is 0 Å². The Morgan fingerprint density at radius 1 is 0.821 bits per heavy atom.